The van der Waals surface area contributed by atoms with Gasteiger partial charge in [-0.3, -0.25) is 14.6 Å². The van der Waals surface area contributed by atoms with Crippen LogP contribution < -0.4 is 11.3 Å². The minimum absolute atomic E-state index is 0.0464. The van der Waals surface area contributed by atoms with E-state index < -0.39 is 11.5 Å². The van der Waals surface area contributed by atoms with Crippen molar-refractivity contribution >= 4 is 16.7 Å². The van der Waals surface area contributed by atoms with Crippen molar-refractivity contribution in [2.24, 2.45) is 13.0 Å². The van der Waals surface area contributed by atoms with Gasteiger partial charge in [0.05, 0.1) is 16.9 Å². The van der Waals surface area contributed by atoms with Gasteiger partial charge in [-0.25, -0.2) is 8.78 Å². The molecule has 0 amide bonds. The number of nitrogens with two attached hydrogens (primary N) is 1. The van der Waals surface area contributed by atoms with E-state index >= 15 is 0 Å². The van der Waals surface area contributed by atoms with Crippen molar-refractivity contribution in [2.75, 3.05) is 5.73 Å². The van der Waals surface area contributed by atoms with Crippen LogP contribution in [-0.2, 0) is 12.6 Å². The summed E-state index contributed by atoms with van der Waals surface area (Å²) >= 11 is 0. The van der Waals surface area contributed by atoms with E-state index in [-0.39, 0.29) is 54.4 Å². The van der Waals surface area contributed by atoms with Crippen molar-refractivity contribution in [1.82, 2.24) is 24.5 Å². The summed E-state index contributed by atoms with van der Waals surface area (Å²) < 4.78 is 30.4. The fourth-order valence-corrected chi connectivity index (χ4v) is 4.30. The van der Waals surface area contributed by atoms with Gasteiger partial charge < -0.3 is 15.4 Å². The third-order valence-electron chi connectivity index (χ3n) is 6.63. The lowest BCUT2D eigenvalue weighted by atomic mass is 9.80. The molecule has 1 aliphatic rings. The topological polar surface area (TPSA) is 115 Å². The number of nitrogens with one attached hydrogen (secondary N) is 1. The standard InChI is InChI=1S/C21H28F2N6O2/c1-11(2)12(3)29-10-13(17-16(19(29)30)18(24)26-25-17)14-9-15(28(4)27-14)20(31)5-7-21(22,23)8-6-20/h9-12,31H,5-8H2,1-4H3,(H3,24,25,26). The number of aliphatic hydroxyl groups is 1. The Morgan fingerprint density at radius 3 is 2.48 bits per heavy atom. The highest BCUT2D eigenvalue weighted by atomic mass is 19.3. The van der Waals surface area contributed by atoms with Crippen molar-refractivity contribution in [3.63, 3.8) is 0 Å². The summed E-state index contributed by atoms with van der Waals surface area (Å²) in [6.07, 6.45) is 0.882. The van der Waals surface area contributed by atoms with Crippen LogP contribution in [0.2, 0.25) is 0 Å². The molecule has 1 unspecified atom stereocenters. The Balaban J connectivity index is 1.86. The minimum atomic E-state index is -2.75. The van der Waals surface area contributed by atoms with Gasteiger partial charge in [-0.1, -0.05) is 13.8 Å². The molecule has 0 bridgehead atoms. The van der Waals surface area contributed by atoms with Crippen LogP contribution in [0.25, 0.3) is 22.2 Å². The Kier molecular flexibility index (Phi) is 4.95. The van der Waals surface area contributed by atoms with E-state index in [2.05, 4.69) is 15.3 Å². The Hall–Kier alpha value is -2.75. The fraction of sp³-hybridized carbons (Fsp3) is 0.571. The fourth-order valence-electron chi connectivity index (χ4n) is 4.30. The quantitative estimate of drug-likeness (QED) is 0.583. The van der Waals surface area contributed by atoms with Gasteiger partial charge in [0.15, 0.2) is 5.82 Å². The average molecular weight is 434 g/mol. The van der Waals surface area contributed by atoms with Gasteiger partial charge in [0, 0.05) is 37.7 Å². The first-order valence-corrected chi connectivity index (χ1v) is 10.5. The van der Waals surface area contributed by atoms with Gasteiger partial charge in [-0.2, -0.15) is 10.2 Å². The van der Waals surface area contributed by atoms with E-state index in [9.17, 15) is 18.7 Å². The normalized spacial score (nSPS) is 19.2. The number of H-pyrrole nitrogens is 1. The molecule has 3 aromatic rings. The summed E-state index contributed by atoms with van der Waals surface area (Å²) in [7, 11) is 1.68. The van der Waals surface area contributed by atoms with Crippen LogP contribution in [-0.4, -0.2) is 35.6 Å². The first-order valence-electron chi connectivity index (χ1n) is 10.5. The van der Waals surface area contributed by atoms with Crippen LogP contribution in [0.15, 0.2) is 17.1 Å². The number of aryl methyl sites for hydroxylation is 1. The molecule has 4 N–H and O–H groups in total. The second-order valence-electron chi connectivity index (χ2n) is 9.02. The molecule has 3 heterocycles. The Labute approximate surface area is 178 Å². The highest BCUT2D eigenvalue weighted by Crippen LogP contribution is 2.44. The summed E-state index contributed by atoms with van der Waals surface area (Å²) in [4.78, 5) is 13.1. The van der Waals surface area contributed by atoms with E-state index in [1.807, 2.05) is 20.8 Å². The second kappa shape index (κ2) is 7.15. The number of anilines is 1. The minimum Gasteiger partial charge on any atom is -0.384 e. The Bertz CT molecular complexity index is 1180. The molecule has 1 atom stereocenters. The number of aromatic nitrogens is 5. The molecule has 0 aliphatic heterocycles. The lowest BCUT2D eigenvalue weighted by Crippen LogP contribution is -2.37. The SMILES string of the molecule is CC(C)C(C)n1cc(-c2cc(C3(O)CCC(F)(F)CC3)n(C)n2)c2[nH]nc(N)c2c1=O. The van der Waals surface area contributed by atoms with Gasteiger partial charge in [0.1, 0.15) is 11.0 Å². The molecular formula is C21H28F2N6O2. The van der Waals surface area contributed by atoms with Crippen molar-refractivity contribution < 1.29 is 13.9 Å². The number of hydrogen-bond acceptors (Lipinski definition) is 5. The number of rotatable bonds is 4. The average Bonchev–Trinajstić information content (AvgIpc) is 3.28. The molecule has 0 spiro atoms. The molecule has 31 heavy (non-hydrogen) atoms. The Morgan fingerprint density at radius 1 is 1.23 bits per heavy atom. The zero-order valence-electron chi connectivity index (χ0n) is 18.1. The summed E-state index contributed by atoms with van der Waals surface area (Å²) in [6, 6.07) is 1.60. The first kappa shape index (κ1) is 21.5. The molecule has 4 rings (SSSR count). The number of nitrogens with zero attached hydrogens (tertiary/aromatic N) is 4. The monoisotopic (exact) mass is 434 g/mol. The van der Waals surface area contributed by atoms with Crippen LogP contribution in [0, 0.1) is 5.92 Å². The first-order chi connectivity index (χ1) is 14.4. The molecule has 3 aromatic heterocycles. The summed E-state index contributed by atoms with van der Waals surface area (Å²) in [5.74, 6) is -2.45. The molecule has 0 aromatic carbocycles. The lowest BCUT2D eigenvalue weighted by Gasteiger charge is -2.35. The second-order valence-corrected chi connectivity index (χ2v) is 9.02. The molecule has 0 radical (unpaired) electrons. The number of halogens is 2. The van der Waals surface area contributed by atoms with Crippen molar-refractivity contribution in [1.29, 1.82) is 0 Å². The number of fused-ring (bicyclic) bond motifs is 1. The maximum Gasteiger partial charge on any atom is 0.264 e. The summed E-state index contributed by atoms with van der Waals surface area (Å²) in [5.41, 5.74) is 6.39. The lowest BCUT2D eigenvalue weighted by molar-refractivity contribution is -0.109. The van der Waals surface area contributed by atoms with E-state index in [0.29, 0.717) is 22.5 Å². The van der Waals surface area contributed by atoms with Gasteiger partial charge in [0.2, 0.25) is 5.92 Å². The van der Waals surface area contributed by atoms with Crippen molar-refractivity contribution in [3.05, 3.63) is 28.3 Å². The van der Waals surface area contributed by atoms with Crippen molar-refractivity contribution in [3.8, 4) is 11.3 Å². The molecule has 1 aliphatic carbocycles. The summed E-state index contributed by atoms with van der Waals surface area (Å²) in [5, 5.41) is 22.8. The predicted octanol–water partition coefficient (Wildman–Crippen LogP) is 3.32. The zero-order valence-corrected chi connectivity index (χ0v) is 18.1. The van der Waals surface area contributed by atoms with Gasteiger partial charge in [-0.05, 0) is 31.7 Å². The van der Waals surface area contributed by atoms with E-state index in [1.165, 1.54) is 4.68 Å². The molecule has 1 fully saturated rings. The molecule has 1 saturated carbocycles. The van der Waals surface area contributed by atoms with E-state index in [4.69, 9.17) is 5.73 Å². The van der Waals surface area contributed by atoms with Crippen LogP contribution in [0.3, 0.4) is 0 Å². The molecular weight excluding hydrogens is 406 g/mol. The molecule has 168 valence electrons. The van der Waals surface area contributed by atoms with Gasteiger partial charge >= 0.3 is 0 Å². The third kappa shape index (κ3) is 3.52. The highest BCUT2D eigenvalue weighted by molar-refractivity contribution is 5.97. The number of aromatic amines is 1. The van der Waals surface area contributed by atoms with E-state index in [0.717, 1.165) is 0 Å². The van der Waals surface area contributed by atoms with Crippen LogP contribution in [0.1, 0.15) is 58.2 Å². The van der Waals surface area contributed by atoms with Crippen molar-refractivity contribution in [2.45, 2.75) is 64.0 Å². The largest absolute Gasteiger partial charge is 0.384 e. The summed E-state index contributed by atoms with van der Waals surface area (Å²) in [6.45, 7) is 5.99. The number of alkyl halides is 2. The predicted molar refractivity (Wildman–Crippen MR) is 114 cm³/mol. The molecule has 8 nitrogen and oxygen atoms in total. The van der Waals surface area contributed by atoms with Crippen LogP contribution >= 0.6 is 0 Å². The highest BCUT2D eigenvalue weighted by Gasteiger charge is 2.44. The van der Waals surface area contributed by atoms with E-state index in [1.54, 1.807) is 23.9 Å². The zero-order chi connectivity index (χ0) is 22.7. The number of hydrogen-bond donors (Lipinski definition) is 3. The smallest absolute Gasteiger partial charge is 0.264 e. The van der Waals surface area contributed by atoms with Crippen LogP contribution in [0.4, 0.5) is 14.6 Å². The number of pyridine rings is 1. The Morgan fingerprint density at radius 2 is 1.87 bits per heavy atom. The maximum absolute atomic E-state index is 13.6. The molecule has 0 saturated heterocycles. The van der Waals surface area contributed by atoms with Crippen LogP contribution in [0.5, 0.6) is 0 Å². The third-order valence-corrected chi connectivity index (χ3v) is 6.63. The van der Waals surface area contributed by atoms with Gasteiger partial charge in [0.25, 0.3) is 5.56 Å². The number of nitrogen functional groups attached to an aromatic ring is 1. The van der Waals surface area contributed by atoms with Gasteiger partial charge in [-0.15, -0.1) is 0 Å². The molecule has 10 heteroatoms. The maximum atomic E-state index is 13.6.